The Labute approximate surface area is 187 Å². The Hall–Kier alpha value is -0.417. The Morgan fingerprint density at radius 1 is 1.15 bits per heavy atom. The van der Waals surface area contributed by atoms with Crippen LogP contribution in [0.2, 0.25) is 0 Å². The second kappa shape index (κ2) is 16.5. The second-order valence-electron chi connectivity index (χ2n) is 6.03. The summed E-state index contributed by atoms with van der Waals surface area (Å²) in [6.45, 7) is 8.64. The Morgan fingerprint density at radius 2 is 1.78 bits per heavy atom. The Kier molecular flexibility index (Phi) is 17.6. The number of hydrogen-bond donors (Lipinski definition) is 0. The van der Waals surface area contributed by atoms with Crippen LogP contribution in [0.25, 0.3) is 5.53 Å². The molecule has 0 amide bonds. The van der Waals surface area contributed by atoms with E-state index < -0.39 is 0 Å². The third-order valence-corrected chi connectivity index (χ3v) is 4.15. The monoisotopic (exact) mass is 469 g/mol. The molecule has 0 aromatic rings. The molecule has 1 aliphatic heterocycles. The van der Waals surface area contributed by atoms with E-state index >= 15 is 0 Å². The smallest absolute Gasteiger partial charge is 1.00 e. The van der Waals surface area contributed by atoms with E-state index in [1.165, 1.54) is 0 Å². The molecule has 0 aromatic carbocycles. The van der Waals surface area contributed by atoms with Gasteiger partial charge in [-0.1, -0.05) is 26.7 Å². The van der Waals surface area contributed by atoms with E-state index in [0.717, 1.165) is 50.2 Å². The number of ether oxygens (including phenoxy) is 3. The van der Waals surface area contributed by atoms with Crippen LogP contribution in [0.15, 0.2) is 23.6 Å². The average molecular weight is 472 g/mol. The van der Waals surface area contributed by atoms with Crippen LogP contribution in [0.1, 0.15) is 39.5 Å². The fraction of sp³-hybridized carbons (Fsp3) is 0.722. The van der Waals surface area contributed by atoms with Crippen molar-refractivity contribution in [3.63, 3.8) is 0 Å². The first-order chi connectivity index (χ1) is 11.8. The molecular weight excluding hydrogens is 443 g/mol. The fourth-order valence-electron chi connectivity index (χ4n) is 2.68. The standard InChI is InChI=1S/C18H29N3O3.2ClH.Zn/c1-3-5-9-23-17-14-16(21-7-11-22-12-8-21)18(13-15(17)20-19)24-10-6-4-2;;;/h13-14,17H,3-12H2,1-2H3;2*1H;/q;;;+2/p-2. The third-order valence-electron chi connectivity index (χ3n) is 4.15. The van der Waals surface area contributed by atoms with Crippen LogP contribution in [-0.2, 0) is 33.7 Å². The molecule has 9 heteroatoms. The summed E-state index contributed by atoms with van der Waals surface area (Å²) >= 11 is 0. The van der Waals surface area contributed by atoms with Crippen molar-refractivity contribution >= 4 is 5.71 Å². The summed E-state index contributed by atoms with van der Waals surface area (Å²) in [4.78, 5) is 5.67. The maximum Gasteiger partial charge on any atom is 2.00 e. The minimum atomic E-state index is -0.335. The number of rotatable bonds is 9. The van der Waals surface area contributed by atoms with Gasteiger partial charge in [-0.25, -0.2) is 0 Å². The maximum absolute atomic E-state index is 9.35. The summed E-state index contributed by atoms with van der Waals surface area (Å²) in [5.41, 5.74) is 10.9. The molecule has 150 valence electrons. The largest absolute Gasteiger partial charge is 2.00 e. The van der Waals surface area contributed by atoms with Crippen molar-refractivity contribution in [2.45, 2.75) is 45.6 Å². The minimum absolute atomic E-state index is 0. The molecule has 1 unspecified atom stereocenters. The van der Waals surface area contributed by atoms with E-state index in [1.54, 1.807) is 6.08 Å². The van der Waals surface area contributed by atoms with Gasteiger partial charge < -0.3 is 49.5 Å². The van der Waals surface area contributed by atoms with Crippen LogP contribution in [-0.4, -0.2) is 61.0 Å². The molecule has 0 N–H and O–H groups in total. The molecule has 0 bridgehead atoms. The molecule has 1 saturated heterocycles. The van der Waals surface area contributed by atoms with E-state index in [-0.39, 0.29) is 50.4 Å². The summed E-state index contributed by atoms with van der Waals surface area (Å²) in [5.74, 6) is 0.758. The first-order valence-corrected chi connectivity index (χ1v) is 9.03. The first-order valence-electron chi connectivity index (χ1n) is 9.03. The molecule has 0 aromatic heterocycles. The summed E-state index contributed by atoms with van der Waals surface area (Å²) in [5, 5.41) is 0. The van der Waals surface area contributed by atoms with Gasteiger partial charge in [-0.3, -0.25) is 0 Å². The van der Waals surface area contributed by atoms with Gasteiger partial charge in [-0.05, 0) is 18.9 Å². The van der Waals surface area contributed by atoms with Crippen LogP contribution >= 0.6 is 0 Å². The molecule has 0 saturated carbocycles. The third kappa shape index (κ3) is 9.08. The van der Waals surface area contributed by atoms with Gasteiger partial charge in [0.25, 0.3) is 0 Å². The van der Waals surface area contributed by atoms with E-state index in [1.807, 2.05) is 6.08 Å². The maximum atomic E-state index is 9.35. The summed E-state index contributed by atoms with van der Waals surface area (Å²) in [6.07, 6.45) is 7.61. The van der Waals surface area contributed by atoms with Crippen molar-refractivity contribution < 1.29 is 63.3 Å². The molecular formula is C18H29Cl2N3O3Zn. The van der Waals surface area contributed by atoms with E-state index in [9.17, 15) is 5.53 Å². The molecule has 0 spiro atoms. The van der Waals surface area contributed by atoms with Crippen molar-refractivity contribution in [3.05, 3.63) is 29.1 Å². The Bertz CT molecular complexity index is 520. The van der Waals surface area contributed by atoms with Crippen molar-refractivity contribution in [2.75, 3.05) is 39.5 Å². The number of halogens is 2. The number of unbranched alkanes of at least 4 members (excludes halogenated alkanes) is 2. The van der Waals surface area contributed by atoms with Crippen LogP contribution in [0, 0.1) is 0 Å². The zero-order chi connectivity index (χ0) is 17.2. The summed E-state index contributed by atoms with van der Waals surface area (Å²) in [7, 11) is 0. The Morgan fingerprint density at radius 3 is 2.37 bits per heavy atom. The Balaban J connectivity index is 0. The molecule has 1 atom stereocenters. The topological polar surface area (TPSA) is 67.3 Å². The van der Waals surface area contributed by atoms with Gasteiger partial charge in [-0.15, -0.1) is 0 Å². The molecule has 6 nitrogen and oxygen atoms in total. The van der Waals surface area contributed by atoms with Crippen molar-refractivity contribution in [3.8, 4) is 0 Å². The molecule has 0 radical (unpaired) electrons. The molecule has 27 heavy (non-hydrogen) atoms. The number of nitrogens with zero attached hydrogens (tertiary/aromatic N) is 3. The molecule has 2 aliphatic rings. The number of hydrogen-bond acceptors (Lipinski definition) is 4. The van der Waals surface area contributed by atoms with Gasteiger partial charge in [-0.2, -0.15) is 4.79 Å². The SMILES string of the molecule is CCCCOC1=CC(=[N+]=[N-])C(OCCCC)C=C1N1CCOCC1.[Cl-].[Cl-].[Zn+2]. The predicted molar refractivity (Wildman–Crippen MR) is 92.7 cm³/mol. The van der Waals surface area contributed by atoms with Crippen LogP contribution in [0.4, 0.5) is 0 Å². The van der Waals surface area contributed by atoms with Gasteiger partial charge in [0.2, 0.25) is 0 Å². The van der Waals surface area contributed by atoms with Gasteiger partial charge >= 0.3 is 25.2 Å². The van der Waals surface area contributed by atoms with Gasteiger partial charge in [0.1, 0.15) is 5.76 Å². The second-order valence-corrected chi connectivity index (χ2v) is 6.03. The molecule has 1 fully saturated rings. The van der Waals surface area contributed by atoms with Crippen molar-refractivity contribution in [1.29, 1.82) is 0 Å². The summed E-state index contributed by atoms with van der Waals surface area (Å²) in [6, 6.07) is 0. The van der Waals surface area contributed by atoms with Crippen molar-refractivity contribution in [2.24, 2.45) is 0 Å². The first kappa shape index (κ1) is 28.8. The van der Waals surface area contributed by atoms with Crippen LogP contribution in [0.5, 0.6) is 0 Å². The van der Waals surface area contributed by atoms with E-state index in [0.29, 0.717) is 32.1 Å². The van der Waals surface area contributed by atoms with Crippen LogP contribution in [0.3, 0.4) is 0 Å². The van der Waals surface area contributed by atoms with Gasteiger partial charge in [0, 0.05) is 19.7 Å². The van der Waals surface area contributed by atoms with Crippen molar-refractivity contribution in [1.82, 2.24) is 4.90 Å². The van der Waals surface area contributed by atoms with Crippen LogP contribution < -0.4 is 24.8 Å². The molecule has 1 aliphatic carbocycles. The minimum Gasteiger partial charge on any atom is -1.00 e. The zero-order valence-electron chi connectivity index (χ0n) is 16.3. The van der Waals surface area contributed by atoms with Gasteiger partial charge in [0.05, 0.1) is 31.6 Å². The average Bonchev–Trinajstić information content (AvgIpc) is 2.63. The fourth-order valence-corrected chi connectivity index (χ4v) is 2.68. The van der Waals surface area contributed by atoms with E-state index in [2.05, 4.69) is 23.5 Å². The molecule has 2 rings (SSSR count). The van der Waals surface area contributed by atoms with E-state index in [4.69, 9.17) is 14.2 Å². The quantitative estimate of drug-likeness (QED) is 0.154. The summed E-state index contributed by atoms with van der Waals surface area (Å²) < 4.78 is 17.3. The number of morpholine rings is 1. The normalized spacial score (nSPS) is 18.8. The molecule has 1 heterocycles. The van der Waals surface area contributed by atoms with Gasteiger partial charge in [0.15, 0.2) is 6.10 Å². The zero-order valence-corrected chi connectivity index (χ0v) is 20.8. The predicted octanol–water partition coefficient (Wildman–Crippen LogP) is -3.22.